The third-order valence-electron chi connectivity index (χ3n) is 4.19. The SMILES string of the molecule is O=C1OC(CNS(=O)(=O)CCCc2ccccc2)CN1c1ccccc1. The monoisotopic (exact) mass is 374 g/mol. The van der Waals surface area contributed by atoms with E-state index in [1.807, 2.05) is 60.7 Å². The van der Waals surface area contributed by atoms with Crippen molar-refractivity contribution in [3.8, 4) is 0 Å². The maximum Gasteiger partial charge on any atom is 0.414 e. The molecule has 7 heteroatoms. The van der Waals surface area contributed by atoms with Crippen molar-refractivity contribution < 1.29 is 17.9 Å². The van der Waals surface area contributed by atoms with Crippen LogP contribution in [0.2, 0.25) is 0 Å². The van der Waals surface area contributed by atoms with Gasteiger partial charge in [0.2, 0.25) is 10.0 Å². The molecule has 0 bridgehead atoms. The van der Waals surface area contributed by atoms with Gasteiger partial charge in [-0.2, -0.15) is 0 Å². The Bertz CT molecular complexity index is 825. The van der Waals surface area contributed by atoms with Crippen molar-refractivity contribution in [1.29, 1.82) is 0 Å². The molecule has 0 aliphatic carbocycles. The molecular formula is C19H22N2O4S. The molecule has 0 spiro atoms. The van der Waals surface area contributed by atoms with E-state index in [-0.39, 0.29) is 12.3 Å². The summed E-state index contributed by atoms with van der Waals surface area (Å²) >= 11 is 0. The fraction of sp³-hybridized carbons (Fsp3) is 0.316. The Labute approximate surface area is 153 Å². The smallest absolute Gasteiger partial charge is 0.414 e. The number of hydrogen-bond donors (Lipinski definition) is 1. The zero-order valence-corrected chi connectivity index (χ0v) is 15.2. The van der Waals surface area contributed by atoms with E-state index in [0.29, 0.717) is 19.4 Å². The molecule has 1 heterocycles. The van der Waals surface area contributed by atoms with Crippen LogP contribution in [0, 0.1) is 0 Å². The van der Waals surface area contributed by atoms with Gasteiger partial charge in [0.25, 0.3) is 0 Å². The fourth-order valence-electron chi connectivity index (χ4n) is 2.85. The lowest BCUT2D eigenvalue weighted by Crippen LogP contribution is -2.36. The first-order valence-electron chi connectivity index (χ1n) is 8.58. The van der Waals surface area contributed by atoms with Crippen LogP contribution in [-0.2, 0) is 21.2 Å². The van der Waals surface area contributed by atoms with Gasteiger partial charge in [0.05, 0.1) is 12.3 Å². The molecule has 1 aliphatic rings. The second kappa shape index (κ2) is 8.33. The number of sulfonamides is 1. The lowest BCUT2D eigenvalue weighted by atomic mass is 10.1. The molecule has 1 N–H and O–H groups in total. The number of nitrogens with zero attached hydrogens (tertiary/aromatic N) is 1. The zero-order valence-electron chi connectivity index (χ0n) is 14.4. The zero-order chi connectivity index (χ0) is 18.4. The summed E-state index contributed by atoms with van der Waals surface area (Å²) in [5, 5.41) is 0. The third kappa shape index (κ3) is 5.06. The highest BCUT2D eigenvalue weighted by Gasteiger charge is 2.32. The first-order valence-corrected chi connectivity index (χ1v) is 10.2. The number of amides is 1. The number of cyclic esters (lactones) is 1. The lowest BCUT2D eigenvalue weighted by molar-refractivity contribution is 0.143. The van der Waals surface area contributed by atoms with Gasteiger partial charge in [-0.25, -0.2) is 17.9 Å². The van der Waals surface area contributed by atoms with Gasteiger partial charge in [0.1, 0.15) is 6.10 Å². The number of aryl methyl sites for hydroxylation is 1. The van der Waals surface area contributed by atoms with Crippen LogP contribution in [0.5, 0.6) is 0 Å². The number of nitrogens with one attached hydrogen (secondary N) is 1. The Hall–Kier alpha value is -2.38. The van der Waals surface area contributed by atoms with Crippen LogP contribution in [0.15, 0.2) is 60.7 Å². The maximum absolute atomic E-state index is 12.1. The lowest BCUT2D eigenvalue weighted by Gasteiger charge is -2.13. The molecule has 1 saturated heterocycles. The highest BCUT2D eigenvalue weighted by atomic mass is 32.2. The van der Waals surface area contributed by atoms with Crippen molar-refractivity contribution in [3.63, 3.8) is 0 Å². The molecule has 1 atom stereocenters. The number of benzene rings is 2. The summed E-state index contributed by atoms with van der Waals surface area (Å²) in [5.74, 6) is 0.0466. The molecule has 1 unspecified atom stereocenters. The fourth-order valence-corrected chi connectivity index (χ4v) is 3.96. The topological polar surface area (TPSA) is 75.7 Å². The maximum atomic E-state index is 12.1. The molecule has 0 radical (unpaired) electrons. The predicted octanol–water partition coefficient (Wildman–Crippen LogP) is 2.56. The van der Waals surface area contributed by atoms with E-state index in [0.717, 1.165) is 11.3 Å². The molecular weight excluding hydrogens is 352 g/mol. The van der Waals surface area contributed by atoms with Crippen molar-refractivity contribution in [3.05, 3.63) is 66.2 Å². The largest absolute Gasteiger partial charge is 0.443 e. The summed E-state index contributed by atoms with van der Waals surface area (Å²) in [6.07, 6.45) is 0.304. The van der Waals surface area contributed by atoms with Crippen molar-refractivity contribution in [2.75, 3.05) is 23.7 Å². The summed E-state index contributed by atoms with van der Waals surface area (Å²) in [6.45, 7) is 0.415. The van der Waals surface area contributed by atoms with Crippen LogP contribution in [-0.4, -0.2) is 39.5 Å². The van der Waals surface area contributed by atoms with Crippen molar-refractivity contribution in [1.82, 2.24) is 4.72 Å². The van der Waals surface area contributed by atoms with Crippen molar-refractivity contribution in [2.45, 2.75) is 18.9 Å². The second-order valence-corrected chi connectivity index (χ2v) is 8.13. The summed E-state index contributed by atoms with van der Waals surface area (Å²) in [6, 6.07) is 19.0. The van der Waals surface area contributed by atoms with Gasteiger partial charge in [-0.05, 0) is 30.5 Å². The molecule has 0 aromatic heterocycles. The number of carbonyl (C=O) groups excluding carboxylic acids is 1. The summed E-state index contributed by atoms with van der Waals surface area (Å²) < 4.78 is 32.1. The van der Waals surface area contributed by atoms with Crippen LogP contribution < -0.4 is 9.62 Å². The van der Waals surface area contributed by atoms with Gasteiger partial charge < -0.3 is 4.74 Å². The molecule has 6 nitrogen and oxygen atoms in total. The highest BCUT2D eigenvalue weighted by Crippen LogP contribution is 2.20. The van der Waals surface area contributed by atoms with E-state index in [9.17, 15) is 13.2 Å². The minimum absolute atomic E-state index is 0.0466. The number of carbonyl (C=O) groups is 1. The summed E-state index contributed by atoms with van der Waals surface area (Å²) in [7, 11) is -3.40. The molecule has 2 aromatic rings. The molecule has 3 rings (SSSR count). The van der Waals surface area contributed by atoms with E-state index in [4.69, 9.17) is 4.74 Å². The first-order chi connectivity index (χ1) is 12.5. The average molecular weight is 374 g/mol. The standard InChI is InChI=1S/C19H22N2O4S/c22-19-21(17-11-5-2-6-12-17)15-18(25-19)14-20-26(23,24)13-7-10-16-8-3-1-4-9-16/h1-6,8-9,11-12,18,20H,7,10,13-15H2. The second-order valence-electron chi connectivity index (χ2n) is 6.21. The van der Waals surface area contributed by atoms with Gasteiger partial charge in [0, 0.05) is 12.2 Å². The Morgan fingerprint density at radius 1 is 1.04 bits per heavy atom. The highest BCUT2D eigenvalue weighted by molar-refractivity contribution is 7.89. The minimum Gasteiger partial charge on any atom is -0.443 e. The van der Waals surface area contributed by atoms with Gasteiger partial charge in [0.15, 0.2) is 0 Å². The Kier molecular flexibility index (Phi) is 5.90. The molecule has 26 heavy (non-hydrogen) atoms. The van der Waals surface area contributed by atoms with E-state index in [1.54, 1.807) is 0 Å². The molecule has 138 valence electrons. The average Bonchev–Trinajstić information content (AvgIpc) is 3.02. The van der Waals surface area contributed by atoms with E-state index < -0.39 is 22.2 Å². The number of para-hydroxylation sites is 1. The van der Waals surface area contributed by atoms with Crippen LogP contribution >= 0.6 is 0 Å². The van der Waals surface area contributed by atoms with Crippen molar-refractivity contribution >= 4 is 21.8 Å². The number of hydrogen-bond acceptors (Lipinski definition) is 4. The van der Waals surface area contributed by atoms with Crippen LogP contribution in [0.25, 0.3) is 0 Å². The Morgan fingerprint density at radius 2 is 1.69 bits per heavy atom. The molecule has 2 aromatic carbocycles. The quantitative estimate of drug-likeness (QED) is 0.770. The number of rotatable bonds is 8. The Balaban J connectivity index is 1.45. The molecule has 1 aliphatic heterocycles. The van der Waals surface area contributed by atoms with Crippen molar-refractivity contribution in [2.24, 2.45) is 0 Å². The molecule has 0 saturated carbocycles. The van der Waals surface area contributed by atoms with Gasteiger partial charge in [-0.15, -0.1) is 0 Å². The normalized spacial score (nSPS) is 17.3. The minimum atomic E-state index is -3.40. The van der Waals surface area contributed by atoms with Crippen LogP contribution in [0.3, 0.4) is 0 Å². The predicted molar refractivity (Wildman–Crippen MR) is 101 cm³/mol. The third-order valence-corrected chi connectivity index (χ3v) is 5.63. The Morgan fingerprint density at radius 3 is 2.38 bits per heavy atom. The van der Waals surface area contributed by atoms with E-state index >= 15 is 0 Å². The van der Waals surface area contributed by atoms with Gasteiger partial charge in [-0.3, -0.25) is 4.90 Å². The number of anilines is 1. The van der Waals surface area contributed by atoms with E-state index in [2.05, 4.69) is 4.72 Å². The van der Waals surface area contributed by atoms with Crippen LogP contribution in [0.1, 0.15) is 12.0 Å². The summed E-state index contributed by atoms with van der Waals surface area (Å²) in [4.78, 5) is 13.5. The summed E-state index contributed by atoms with van der Waals surface area (Å²) in [5.41, 5.74) is 1.86. The number of ether oxygens (including phenoxy) is 1. The van der Waals surface area contributed by atoms with Gasteiger partial charge >= 0.3 is 6.09 Å². The molecule has 1 amide bonds. The molecule has 1 fully saturated rings. The first kappa shape index (κ1) is 18.4. The van der Waals surface area contributed by atoms with Crippen LogP contribution in [0.4, 0.5) is 10.5 Å². The van der Waals surface area contributed by atoms with Gasteiger partial charge in [-0.1, -0.05) is 48.5 Å². The van der Waals surface area contributed by atoms with E-state index in [1.165, 1.54) is 4.90 Å².